The van der Waals surface area contributed by atoms with Crippen molar-refractivity contribution in [2.75, 3.05) is 46.4 Å². The van der Waals surface area contributed by atoms with E-state index in [1.165, 1.54) is 0 Å². The first-order chi connectivity index (χ1) is 11.3. The quantitative estimate of drug-likeness (QED) is 0.791. The largest absolute Gasteiger partial charge is 0.450 e. The van der Waals surface area contributed by atoms with Crippen LogP contribution in [-0.4, -0.2) is 78.9 Å². The highest BCUT2D eigenvalue weighted by Crippen LogP contribution is 2.32. The minimum atomic E-state index is -0.802. The first kappa shape index (κ1) is 19.0. The molecule has 7 heteroatoms. The molecule has 0 unspecified atom stereocenters. The summed E-state index contributed by atoms with van der Waals surface area (Å²) in [5.41, 5.74) is -1.20. The number of hydrogen-bond donors (Lipinski definition) is 2. The van der Waals surface area contributed by atoms with Crippen LogP contribution in [-0.2, 0) is 9.53 Å². The van der Waals surface area contributed by atoms with Crippen molar-refractivity contribution in [3.63, 3.8) is 0 Å². The molecule has 2 heterocycles. The summed E-state index contributed by atoms with van der Waals surface area (Å²) in [6, 6.07) is 0. The zero-order valence-electron chi connectivity index (χ0n) is 15.1. The predicted octanol–water partition coefficient (Wildman–Crippen LogP) is 0.818. The number of hydrogen-bond acceptors (Lipinski definition) is 5. The number of carbonyl (C=O) groups is 2. The maximum Gasteiger partial charge on any atom is 0.409 e. The van der Waals surface area contributed by atoms with Gasteiger partial charge in [0.25, 0.3) is 0 Å². The Bertz CT molecular complexity index is 463. The van der Waals surface area contributed by atoms with Gasteiger partial charge in [0.2, 0.25) is 5.91 Å². The van der Waals surface area contributed by atoms with E-state index in [9.17, 15) is 14.7 Å². The van der Waals surface area contributed by atoms with E-state index in [4.69, 9.17) is 4.74 Å². The van der Waals surface area contributed by atoms with E-state index < -0.39 is 11.0 Å². The molecular formula is C17H31N3O4. The molecule has 138 valence electrons. The SMILES string of the molecule is CCOC(=O)N1CCC(O)(CN2CCC[C@@](C)(C(=O)NC)C2)CC1. The molecule has 2 saturated heterocycles. The highest BCUT2D eigenvalue weighted by molar-refractivity contribution is 5.82. The van der Waals surface area contributed by atoms with Gasteiger partial charge in [-0.05, 0) is 46.1 Å². The van der Waals surface area contributed by atoms with E-state index in [1.54, 1.807) is 18.9 Å². The van der Waals surface area contributed by atoms with Crippen molar-refractivity contribution >= 4 is 12.0 Å². The summed E-state index contributed by atoms with van der Waals surface area (Å²) in [5, 5.41) is 13.7. The van der Waals surface area contributed by atoms with Gasteiger partial charge in [0.05, 0.1) is 17.6 Å². The normalized spacial score (nSPS) is 27.6. The molecule has 2 aliphatic heterocycles. The van der Waals surface area contributed by atoms with Crippen LogP contribution in [0.25, 0.3) is 0 Å². The van der Waals surface area contributed by atoms with Gasteiger partial charge >= 0.3 is 6.09 Å². The number of likely N-dealkylation sites (tertiary alicyclic amines) is 2. The molecule has 1 atom stereocenters. The van der Waals surface area contributed by atoms with E-state index in [0.29, 0.717) is 45.6 Å². The summed E-state index contributed by atoms with van der Waals surface area (Å²) in [7, 11) is 1.67. The van der Waals surface area contributed by atoms with Crippen LogP contribution in [0.15, 0.2) is 0 Å². The van der Waals surface area contributed by atoms with Crippen molar-refractivity contribution in [3.05, 3.63) is 0 Å². The zero-order chi connectivity index (χ0) is 17.8. The van der Waals surface area contributed by atoms with Gasteiger partial charge in [-0.15, -0.1) is 0 Å². The first-order valence-electron chi connectivity index (χ1n) is 8.90. The number of nitrogens with one attached hydrogen (secondary N) is 1. The molecule has 0 saturated carbocycles. The number of piperidine rings is 2. The molecule has 0 aromatic rings. The Kier molecular flexibility index (Phi) is 6.09. The van der Waals surface area contributed by atoms with Gasteiger partial charge in [-0.2, -0.15) is 0 Å². The second kappa shape index (κ2) is 7.70. The molecule has 0 spiro atoms. The molecular weight excluding hydrogens is 310 g/mol. The molecule has 0 radical (unpaired) electrons. The number of nitrogens with zero attached hydrogens (tertiary/aromatic N) is 2. The zero-order valence-corrected chi connectivity index (χ0v) is 15.1. The Morgan fingerprint density at radius 3 is 2.46 bits per heavy atom. The number of amides is 2. The summed E-state index contributed by atoms with van der Waals surface area (Å²) in [6.07, 6.45) is 2.61. The Morgan fingerprint density at radius 2 is 1.88 bits per heavy atom. The van der Waals surface area contributed by atoms with Gasteiger partial charge in [0.1, 0.15) is 0 Å². The lowest BCUT2D eigenvalue weighted by molar-refractivity contribution is -0.134. The number of ether oxygens (including phenoxy) is 1. The van der Waals surface area contributed by atoms with E-state index in [2.05, 4.69) is 10.2 Å². The number of carbonyl (C=O) groups excluding carboxylic acids is 2. The van der Waals surface area contributed by atoms with Crippen molar-refractivity contribution in [1.29, 1.82) is 0 Å². The van der Waals surface area contributed by atoms with Crippen molar-refractivity contribution in [2.24, 2.45) is 5.41 Å². The summed E-state index contributed by atoms with van der Waals surface area (Å²) >= 11 is 0. The second-order valence-corrected chi connectivity index (χ2v) is 7.36. The minimum Gasteiger partial charge on any atom is -0.450 e. The Balaban J connectivity index is 1.89. The molecule has 0 aromatic heterocycles. The standard InChI is InChI=1S/C17H31N3O4/c1-4-24-15(22)20-10-7-17(23,8-11-20)13-19-9-5-6-16(2,12-19)14(21)18-3/h23H,4-13H2,1-3H3,(H,18,21)/t16-/m1/s1. The Morgan fingerprint density at radius 1 is 1.21 bits per heavy atom. The first-order valence-corrected chi connectivity index (χ1v) is 8.90. The summed E-state index contributed by atoms with van der Waals surface area (Å²) < 4.78 is 5.02. The summed E-state index contributed by atoms with van der Waals surface area (Å²) in [4.78, 5) is 27.7. The fraction of sp³-hybridized carbons (Fsp3) is 0.882. The van der Waals surface area contributed by atoms with Gasteiger partial charge in [-0.3, -0.25) is 9.69 Å². The molecule has 2 N–H and O–H groups in total. The monoisotopic (exact) mass is 341 g/mol. The van der Waals surface area contributed by atoms with Crippen LogP contribution >= 0.6 is 0 Å². The lowest BCUT2D eigenvalue weighted by Crippen LogP contribution is -2.56. The summed E-state index contributed by atoms with van der Waals surface area (Å²) in [5.74, 6) is 0.0660. The molecule has 24 heavy (non-hydrogen) atoms. The Labute approximate surface area is 144 Å². The van der Waals surface area contributed by atoms with E-state index in [-0.39, 0.29) is 12.0 Å². The third-order valence-corrected chi connectivity index (χ3v) is 5.29. The summed E-state index contributed by atoms with van der Waals surface area (Å²) in [6.45, 7) is 7.28. The molecule has 0 bridgehead atoms. The highest BCUT2D eigenvalue weighted by atomic mass is 16.6. The van der Waals surface area contributed by atoms with Crippen LogP contribution in [0.5, 0.6) is 0 Å². The molecule has 2 aliphatic rings. The van der Waals surface area contributed by atoms with E-state index in [0.717, 1.165) is 19.4 Å². The number of β-amino-alcohol motifs (C(OH)–C–C–N with tert-alkyl or cyclic N) is 1. The van der Waals surface area contributed by atoms with Crippen molar-refractivity contribution in [3.8, 4) is 0 Å². The van der Waals surface area contributed by atoms with E-state index in [1.807, 2.05) is 6.92 Å². The minimum absolute atomic E-state index is 0.0660. The molecule has 2 rings (SSSR count). The van der Waals surface area contributed by atoms with Crippen LogP contribution in [0.1, 0.15) is 39.5 Å². The molecule has 0 aromatic carbocycles. The molecule has 2 amide bonds. The molecule has 2 fully saturated rings. The molecule has 7 nitrogen and oxygen atoms in total. The van der Waals surface area contributed by atoms with Crippen LogP contribution in [0.4, 0.5) is 4.79 Å². The highest BCUT2D eigenvalue weighted by Gasteiger charge is 2.41. The molecule has 0 aliphatic carbocycles. The van der Waals surface area contributed by atoms with Gasteiger partial charge < -0.3 is 20.1 Å². The van der Waals surface area contributed by atoms with Gasteiger partial charge in [-0.1, -0.05) is 0 Å². The Hall–Kier alpha value is -1.34. The van der Waals surface area contributed by atoms with Crippen molar-refractivity contribution in [2.45, 2.75) is 45.1 Å². The maximum absolute atomic E-state index is 12.1. The fourth-order valence-electron chi connectivity index (χ4n) is 3.86. The van der Waals surface area contributed by atoms with Gasteiger partial charge in [-0.25, -0.2) is 4.79 Å². The number of aliphatic hydroxyl groups is 1. The number of rotatable bonds is 4. The van der Waals surface area contributed by atoms with Crippen LogP contribution in [0, 0.1) is 5.41 Å². The lowest BCUT2D eigenvalue weighted by Gasteiger charge is -2.44. The third-order valence-electron chi connectivity index (χ3n) is 5.29. The van der Waals surface area contributed by atoms with Crippen LogP contribution < -0.4 is 5.32 Å². The van der Waals surface area contributed by atoms with E-state index >= 15 is 0 Å². The van der Waals surface area contributed by atoms with Crippen molar-refractivity contribution < 1.29 is 19.4 Å². The van der Waals surface area contributed by atoms with Gasteiger partial charge in [0, 0.05) is 33.2 Å². The average Bonchev–Trinajstić information content (AvgIpc) is 2.54. The maximum atomic E-state index is 12.1. The predicted molar refractivity (Wildman–Crippen MR) is 90.6 cm³/mol. The smallest absolute Gasteiger partial charge is 0.409 e. The third kappa shape index (κ3) is 4.39. The fourth-order valence-corrected chi connectivity index (χ4v) is 3.86. The van der Waals surface area contributed by atoms with Crippen molar-refractivity contribution in [1.82, 2.24) is 15.1 Å². The van der Waals surface area contributed by atoms with Gasteiger partial charge in [0.15, 0.2) is 0 Å². The lowest BCUT2D eigenvalue weighted by atomic mass is 9.80. The van der Waals surface area contributed by atoms with Crippen LogP contribution in [0.3, 0.4) is 0 Å². The second-order valence-electron chi connectivity index (χ2n) is 7.36. The van der Waals surface area contributed by atoms with Crippen LogP contribution in [0.2, 0.25) is 0 Å². The topological polar surface area (TPSA) is 82.1 Å². The average molecular weight is 341 g/mol.